The van der Waals surface area contributed by atoms with Crippen LogP contribution in [0.5, 0.6) is 0 Å². The van der Waals surface area contributed by atoms with Gasteiger partial charge < -0.3 is 5.32 Å². The fourth-order valence-electron chi connectivity index (χ4n) is 2.16. The molecule has 0 amide bonds. The van der Waals surface area contributed by atoms with Gasteiger partial charge in [-0.25, -0.2) is 0 Å². The summed E-state index contributed by atoms with van der Waals surface area (Å²) in [5, 5.41) is 3.08. The number of hydrogen-bond donors (Lipinski definition) is 2. The second-order valence-electron chi connectivity index (χ2n) is 5.12. The third kappa shape index (κ3) is 16.2. The molecule has 0 heterocycles. The van der Waals surface area contributed by atoms with Crippen molar-refractivity contribution < 1.29 is 0 Å². The van der Waals surface area contributed by atoms with Crippen LogP contribution in [0.2, 0.25) is 0 Å². The van der Waals surface area contributed by atoms with Gasteiger partial charge in [0.15, 0.2) is 0 Å². The molecule has 0 aliphatic carbocycles. The summed E-state index contributed by atoms with van der Waals surface area (Å²) >= 11 is 8.87. The molecule has 0 aliphatic heterocycles. The van der Waals surface area contributed by atoms with Crippen LogP contribution in [0.25, 0.3) is 0 Å². The Morgan fingerprint density at radius 3 is 1.56 bits per heavy atom. The van der Waals surface area contributed by atoms with Crippen molar-refractivity contribution in [3.8, 4) is 0 Å². The predicted octanol–water partition coefficient (Wildman–Crippen LogP) is 5.49. The van der Waals surface area contributed by atoms with Gasteiger partial charge >= 0.3 is 0 Å². The van der Waals surface area contributed by atoms with Gasteiger partial charge in [0, 0.05) is 6.54 Å². The molecule has 0 aromatic rings. The lowest BCUT2D eigenvalue weighted by atomic mass is 10.1. The molecule has 0 unspecified atom stereocenters. The summed E-state index contributed by atoms with van der Waals surface area (Å²) in [7, 11) is 0. The van der Waals surface area contributed by atoms with Crippen LogP contribution < -0.4 is 5.32 Å². The Morgan fingerprint density at radius 1 is 0.778 bits per heavy atom. The smallest absolute Gasteiger partial charge is 0.130 e. The molecular formula is C15H31NS2. The average molecular weight is 290 g/mol. The number of hydrogen-bond acceptors (Lipinski definition) is 1. The largest absolute Gasteiger partial charge is 0.371 e. The van der Waals surface area contributed by atoms with Crippen molar-refractivity contribution >= 4 is 29.2 Å². The van der Waals surface area contributed by atoms with E-state index >= 15 is 0 Å². The van der Waals surface area contributed by atoms with E-state index in [1.54, 1.807) is 0 Å². The Balaban J connectivity index is 2.92. The van der Waals surface area contributed by atoms with E-state index in [-0.39, 0.29) is 0 Å². The Labute approximate surface area is 125 Å². The number of thiol groups is 1. The van der Waals surface area contributed by atoms with Gasteiger partial charge in [0.25, 0.3) is 0 Å². The quantitative estimate of drug-likeness (QED) is 0.264. The minimum atomic E-state index is 0.623. The van der Waals surface area contributed by atoms with Crippen LogP contribution in [-0.4, -0.2) is 10.9 Å². The van der Waals surface area contributed by atoms with E-state index in [0.29, 0.717) is 4.32 Å². The molecule has 0 rings (SSSR count). The van der Waals surface area contributed by atoms with E-state index in [0.717, 1.165) is 6.54 Å². The van der Waals surface area contributed by atoms with Crippen LogP contribution in [0.3, 0.4) is 0 Å². The molecule has 1 N–H and O–H groups in total. The molecule has 18 heavy (non-hydrogen) atoms. The minimum absolute atomic E-state index is 0.623. The first-order valence-electron chi connectivity index (χ1n) is 7.74. The molecule has 0 radical (unpaired) electrons. The van der Waals surface area contributed by atoms with Gasteiger partial charge in [-0.3, -0.25) is 0 Å². The Morgan fingerprint density at radius 2 is 1.17 bits per heavy atom. The van der Waals surface area contributed by atoms with Gasteiger partial charge in [0.05, 0.1) is 0 Å². The van der Waals surface area contributed by atoms with E-state index < -0.39 is 0 Å². The molecule has 0 spiro atoms. The molecule has 0 aromatic carbocycles. The molecule has 0 atom stereocenters. The lowest BCUT2D eigenvalue weighted by Crippen LogP contribution is -2.17. The number of rotatable bonds is 13. The van der Waals surface area contributed by atoms with E-state index in [9.17, 15) is 0 Å². The lowest BCUT2D eigenvalue weighted by molar-refractivity contribution is 0.543. The molecule has 0 aromatic heterocycles. The second kappa shape index (κ2) is 15.3. The number of thiocarbonyl (C=S) groups is 1. The van der Waals surface area contributed by atoms with Crippen LogP contribution in [0.1, 0.15) is 84.0 Å². The third-order valence-corrected chi connectivity index (χ3v) is 3.61. The Hall–Kier alpha value is 0.240. The normalized spacial score (nSPS) is 10.6. The molecule has 0 aliphatic rings. The van der Waals surface area contributed by atoms with E-state index in [1.165, 1.54) is 77.0 Å². The van der Waals surface area contributed by atoms with Gasteiger partial charge in [-0.15, -0.1) is 12.6 Å². The van der Waals surface area contributed by atoms with Crippen molar-refractivity contribution in [2.24, 2.45) is 0 Å². The summed E-state index contributed by atoms with van der Waals surface area (Å²) in [5.74, 6) is 0. The fourth-order valence-corrected chi connectivity index (χ4v) is 2.38. The van der Waals surface area contributed by atoms with Gasteiger partial charge in [-0.2, -0.15) is 0 Å². The van der Waals surface area contributed by atoms with Crippen molar-refractivity contribution in [1.29, 1.82) is 0 Å². The van der Waals surface area contributed by atoms with Crippen LogP contribution in [-0.2, 0) is 0 Å². The summed E-state index contributed by atoms with van der Waals surface area (Å²) < 4.78 is 0.623. The van der Waals surface area contributed by atoms with Crippen molar-refractivity contribution in [3.05, 3.63) is 0 Å². The highest BCUT2D eigenvalue weighted by atomic mass is 32.1. The Bertz CT molecular complexity index is 183. The maximum Gasteiger partial charge on any atom is 0.130 e. The highest BCUT2D eigenvalue weighted by Crippen LogP contribution is 2.11. The summed E-state index contributed by atoms with van der Waals surface area (Å²) in [4.78, 5) is 0. The van der Waals surface area contributed by atoms with Gasteiger partial charge in [-0.1, -0.05) is 89.8 Å². The zero-order valence-electron chi connectivity index (χ0n) is 12.0. The summed E-state index contributed by atoms with van der Waals surface area (Å²) in [6.07, 6.45) is 16.7. The van der Waals surface area contributed by atoms with Gasteiger partial charge in [0.2, 0.25) is 0 Å². The fraction of sp³-hybridized carbons (Fsp3) is 0.933. The van der Waals surface area contributed by atoms with Crippen LogP contribution >= 0.6 is 24.8 Å². The molecular weight excluding hydrogens is 258 g/mol. The van der Waals surface area contributed by atoms with Crippen molar-refractivity contribution in [2.75, 3.05) is 6.54 Å². The zero-order valence-corrected chi connectivity index (χ0v) is 13.8. The highest BCUT2D eigenvalue weighted by molar-refractivity contribution is 8.11. The summed E-state index contributed by atoms with van der Waals surface area (Å²) in [6, 6.07) is 0. The zero-order chi connectivity index (χ0) is 13.5. The second-order valence-corrected chi connectivity index (χ2v) is 6.28. The standard InChI is InChI=1S/C15H31NS2/c1-2-3-4-5-6-7-8-9-10-11-12-13-14-16-15(17)18/h2-14H2,1H3,(H2,16,17,18). The molecule has 3 heteroatoms. The van der Waals surface area contributed by atoms with Crippen LogP contribution in [0.4, 0.5) is 0 Å². The van der Waals surface area contributed by atoms with E-state index in [2.05, 4.69) is 24.9 Å². The monoisotopic (exact) mass is 289 g/mol. The first kappa shape index (κ1) is 18.2. The van der Waals surface area contributed by atoms with Gasteiger partial charge in [-0.05, 0) is 6.42 Å². The summed E-state index contributed by atoms with van der Waals surface area (Å²) in [5.41, 5.74) is 0. The lowest BCUT2D eigenvalue weighted by Gasteiger charge is -2.04. The average Bonchev–Trinajstić information content (AvgIpc) is 2.34. The van der Waals surface area contributed by atoms with Crippen LogP contribution in [0, 0.1) is 0 Å². The molecule has 0 saturated heterocycles. The first-order chi connectivity index (χ1) is 8.77. The van der Waals surface area contributed by atoms with Crippen molar-refractivity contribution in [3.63, 3.8) is 0 Å². The highest BCUT2D eigenvalue weighted by Gasteiger charge is 1.93. The van der Waals surface area contributed by atoms with Crippen molar-refractivity contribution in [1.82, 2.24) is 5.32 Å². The molecule has 0 bridgehead atoms. The SMILES string of the molecule is CCCCCCCCCCCCCCNC(=S)S. The van der Waals surface area contributed by atoms with E-state index in [4.69, 9.17) is 12.2 Å². The number of nitrogens with one attached hydrogen (secondary N) is 1. The Kier molecular flexibility index (Phi) is 15.5. The molecule has 1 nitrogen and oxygen atoms in total. The first-order valence-corrected chi connectivity index (χ1v) is 8.59. The van der Waals surface area contributed by atoms with E-state index in [1.807, 2.05) is 0 Å². The summed E-state index contributed by atoms with van der Waals surface area (Å²) in [6.45, 7) is 3.26. The third-order valence-electron chi connectivity index (χ3n) is 3.31. The van der Waals surface area contributed by atoms with Crippen LogP contribution in [0.15, 0.2) is 0 Å². The topological polar surface area (TPSA) is 12.0 Å². The maximum atomic E-state index is 4.84. The predicted molar refractivity (Wildman–Crippen MR) is 90.7 cm³/mol. The number of unbranched alkanes of at least 4 members (excludes halogenated alkanes) is 11. The molecule has 0 saturated carbocycles. The van der Waals surface area contributed by atoms with Crippen molar-refractivity contribution in [2.45, 2.75) is 84.0 Å². The minimum Gasteiger partial charge on any atom is -0.371 e. The maximum absolute atomic E-state index is 4.84. The molecule has 108 valence electrons. The van der Waals surface area contributed by atoms with Gasteiger partial charge in [0.1, 0.15) is 4.32 Å². The molecule has 0 fully saturated rings.